The van der Waals surface area contributed by atoms with Crippen LogP contribution in [0.25, 0.3) is 0 Å². The molecule has 21 aliphatic heterocycles. The second-order valence-electron chi connectivity index (χ2n) is 19.9. The highest BCUT2D eigenvalue weighted by Crippen LogP contribution is 2.38. The maximum atomic E-state index is 11.4. The number of hydrogen-bond acceptors (Lipinski definition) is 35. The molecule has 77 heavy (non-hydrogen) atoms. The monoisotopic (exact) mass is 1130 g/mol. The third kappa shape index (κ3) is 12.1. The van der Waals surface area contributed by atoms with Gasteiger partial charge in [0.15, 0.2) is 44.0 Å². The summed E-state index contributed by atoms with van der Waals surface area (Å²) in [4.78, 5) is 0. The molecule has 0 saturated carbocycles. The Kier molecular flexibility index (Phi) is 20.8. The van der Waals surface area contributed by atoms with E-state index >= 15 is 0 Å². The molecule has 0 aromatic heterocycles. The van der Waals surface area contributed by atoms with Crippen LogP contribution in [0.2, 0.25) is 0 Å². The summed E-state index contributed by atoms with van der Waals surface area (Å²) in [6.07, 6.45) is -59.8. The van der Waals surface area contributed by atoms with Gasteiger partial charge in [-0.15, -0.1) is 0 Å². The molecule has 21 saturated heterocycles. The molecule has 0 spiro atoms. The van der Waals surface area contributed by atoms with Gasteiger partial charge < -0.3 is 175 Å². The Hall–Kier alpha value is -1.40. The number of hydrogen-bond donors (Lipinski definition) is 21. The topological polar surface area (TPSA) is 571 Å². The van der Waals surface area contributed by atoms with E-state index in [1.807, 2.05) is 0 Å². The maximum Gasteiger partial charge on any atom is 0.187 e. The third-order valence-corrected chi connectivity index (χ3v) is 15.0. The van der Waals surface area contributed by atoms with Gasteiger partial charge in [0.05, 0.1) is 64.4 Å². The van der Waals surface area contributed by atoms with Gasteiger partial charge in [-0.1, -0.05) is 0 Å². The summed E-state index contributed by atoms with van der Waals surface area (Å²) in [5, 5.41) is 198. The van der Waals surface area contributed by atoms with Crippen molar-refractivity contribution < 1.29 is 158 Å². The largest absolute Gasteiger partial charge is 0.394 e. The van der Waals surface area contributed by atoms with Gasteiger partial charge in [0.2, 0.25) is 0 Å². The summed E-state index contributed by atoms with van der Waals surface area (Å²) >= 11 is 0. The quantitative estimate of drug-likeness (QED) is 0.113. The molecule has 0 radical (unpaired) electrons. The van der Waals surface area contributed by atoms with E-state index in [-0.39, 0.29) is 0 Å². The molecule has 35 heteroatoms. The number of aliphatic hydroxyl groups is 18. The van der Waals surface area contributed by atoms with Crippen molar-refractivity contribution in [2.75, 3.05) is 46.2 Å². The summed E-state index contributed by atoms with van der Waals surface area (Å²) < 4.78 is 80.9. The number of nitrogens with two attached hydrogens (primary N) is 3. The third-order valence-electron chi connectivity index (χ3n) is 15.0. The molecule has 35 nitrogen and oxygen atoms in total. The van der Waals surface area contributed by atoms with Crippen LogP contribution < -0.4 is 17.2 Å². The van der Waals surface area contributed by atoms with E-state index in [0.717, 1.165) is 0 Å². The van der Waals surface area contributed by atoms with Crippen molar-refractivity contribution in [1.82, 2.24) is 0 Å². The molecule has 0 amide bonds. The zero-order valence-corrected chi connectivity index (χ0v) is 40.7. The van der Waals surface area contributed by atoms with Crippen LogP contribution in [0.3, 0.4) is 0 Å². The second-order valence-corrected chi connectivity index (χ2v) is 19.9. The van der Waals surface area contributed by atoms with Gasteiger partial charge >= 0.3 is 0 Å². The van der Waals surface area contributed by atoms with E-state index in [9.17, 15) is 91.9 Å². The first-order valence-electron chi connectivity index (χ1n) is 24.8. The van der Waals surface area contributed by atoms with Crippen LogP contribution in [0.1, 0.15) is 0 Å². The molecule has 448 valence electrons. The molecule has 21 rings (SSSR count). The fourth-order valence-electron chi connectivity index (χ4n) is 10.6. The van der Waals surface area contributed by atoms with Gasteiger partial charge in [0, 0.05) is 0 Å². The Bertz CT molecular complexity index is 1480. The van der Waals surface area contributed by atoms with E-state index in [1.165, 1.54) is 0 Å². The normalized spacial score (nSPS) is 55.4. The molecule has 21 heterocycles. The maximum absolute atomic E-state index is 11.4. The molecule has 0 aromatic carbocycles. The van der Waals surface area contributed by atoms with Crippen molar-refractivity contribution >= 4 is 0 Å². The van der Waals surface area contributed by atoms with Crippen molar-refractivity contribution in [3.05, 3.63) is 0 Å². The summed E-state index contributed by atoms with van der Waals surface area (Å²) in [6, 6.07) is -4.93. The first-order chi connectivity index (χ1) is 36.7. The highest BCUT2D eigenvalue weighted by molar-refractivity contribution is 5.03. The van der Waals surface area contributed by atoms with Crippen LogP contribution >= 0.6 is 0 Å². The Morgan fingerprint density at radius 3 is 0.506 bits per heavy atom. The summed E-state index contributed by atoms with van der Waals surface area (Å²) in [5.41, 5.74) is 19.1. The molecule has 24 N–H and O–H groups in total. The second kappa shape index (κ2) is 26.0. The average Bonchev–Trinajstić information content (AvgIpc) is 3.45. The van der Waals surface area contributed by atoms with E-state index in [0.29, 0.717) is 0 Å². The van der Waals surface area contributed by atoms with Crippen LogP contribution in [-0.2, 0) is 66.3 Å². The van der Waals surface area contributed by atoms with Gasteiger partial charge in [-0.3, -0.25) is 0 Å². The van der Waals surface area contributed by atoms with Gasteiger partial charge in [-0.2, -0.15) is 0 Å². The molecule has 14 bridgehead atoms. The van der Waals surface area contributed by atoms with E-state index in [2.05, 4.69) is 0 Å². The van der Waals surface area contributed by atoms with Crippen molar-refractivity contribution in [2.24, 2.45) is 17.2 Å². The van der Waals surface area contributed by atoms with Crippen molar-refractivity contribution in [1.29, 1.82) is 0 Å². The van der Waals surface area contributed by atoms with Crippen molar-refractivity contribution in [3.8, 4) is 0 Å². The molecule has 0 aromatic rings. The lowest BCUT2D eigenvalue weighted by atomic mass is 9.94. The SMILES string of the molecule is N[C@@H]1[C@@H](O)[C@H]2O[C@H]3[C@H](O)[C@@H](O)[C@@H](O[C@H]4[C@@H](O)[C@H](O)[C@@H](O[C@H]5[C@@H](N)[C@H](O)[C@@H](O[C@H]6[C@H](O)[C@H](O)[C@@H](O[C@H]7[C@H](N)[C@@H](O)[C@@H](O[C@H]8[C@H](O)[C@@H](O)[C@@H](O[C@@H]1[C@H](CO)O2)O[C@@H]8CO)O[C@@H]7CO)O[C@@H]6CO)O[C@@H]5CO)O[C@@H]4CO)O[C@H]3CO. The minimum atomic E-state index is -2.15. The van der Waals surface area contributed by atoms with Gasteiger partial charge in [0.25, 0.3) is 0 Å². The zero-order chi connectivity index (χ0) is 56.1. The Morgan fingerprint density at radius 2 is 0.338 bits per heavy atom. The van der Waals surface area contributed by atoms with Gasteiger partial charge in [-0.25, -0.2) is 0 Å². The standard InChI is InChI=1S/C42H73N3O32/c43-15-18(53)36-64-8(1-46)29(15)71-39-25(60)21(56)33(12(5-50)67-39)75-37-19(54)16(44)31(10(3-48)65-37)73-41-27(62)23(58)35(14(7-52)69-41)77-42-28(63)24(59)34(13(6-51)70-42)76-38-20(55)17(45)30(9(2-47)66-38)72-40-26(61)22(57)32(74-36)11(4-49)68-40/h8-42,46-63H,1-7,43-45H2/t8-,9+,10-,11-,12-,13+,14-,15-,16+,17-,18-,19+,20-,21-,22-,23+,24-,25+,26-,27+,28-,29-,30-,31-,32-,33-,34-,35-,36-,37-,38-,39-,40-,41-,42-/m1/s1. The molecular formula is C42H73N3O32. The van der Waals surface area contributed by atoms with Crippen LogP contribution in [0.5, 0.6) is 0 Å². The predicted octanol–water partition coefficient (Wildman–Crippen LogP) is -15.3. The Morgan fingerprint density at radius 1 is 0.195 bits per heavy atom. The smallest absolute Gasteiger partial charge is 0.187 e. The molecule has 21 aliphatic rings. The van der Waals surface area contributed by atoms with Crippen LogP contribution in [-0.4, -0.2) is 353 Å². The number of aliphatic hydroxyl groups excluding tert-OH is 18. The highest BCUT2D eigenvalue weighted by atomic mass is 16.8. The molecule has 0 aliphatic carbocycles. The molecule has 35 atom stereocenters. The number of rotatable bonds is 7. The lowest BCUT2D eigenvalue weighted by Crippen LogP contribution is -2.70. The Balaban J connectivity index is 1.08. The van der Waals surface area contributed by atoms with Crippen molar-refractivity contribution in [2.45, 2.75) is 215 Å². The van der Waals surface area contributed by atoms with Crippen LogP contribution in [0.15, 0.2) is 0 Å². The summed E-state index contributed by atoms with van der Waals surface area (Å²) in [6.45, 7) is -6.79. The average molecular weight is 1130 g/mol. The molecule has 21 fully saturated rings. The van der Waals surface area contributed by atoms with Gasteiger partial charge in [0.1, 0.15) is 153 Å². The van der Waals surface area contributed by atoms with Crippen molar-refractivity contribution in [3.63, 3.8) is 0 Å². The van der Waals surface area contributed by atoms with E-state index in [4.69, 9.17) is 83.5 Å². The minimum absolute atomic E-state index is 0.943. The molecule has 0 unspecified atom stereocenters. The first kappa shape index (κ1) is 61.7. The van der Waals surface area contributed by atoms with E-state index in [1.54, 1.807) is 0 Å². The summed E-state index contributed by atoms with van der Waals surface area (Å²) in [5.74, 6) is 0. The lowest BCUT2D eigenvalue weighted by Gasteiger charge is -2.50. The highest BCUT2D eigenvalue weighted by Gasteiger charge is 2.59. The minimum Gasteiger partial charge on any atom is -0.394 e. The fourth-order valence-corrected chi connectivity index (χ4v) is 10.6. The van der Waals surface area contributed by atoms with E-state index < -0.39 is 261 Å². The zero-order valence-electron chi connectivity index (χ0n) is 40.7. The first-order valence-corrected chi connectivity index (χ1v) is 24.8. The predicted molar refractivity (Wildman–Crippen MR) is 234 cm³/mol. The Labute approximate surface area is 436 Å². The van der Waals surface area contributed by atoms with Gasteiger partial charge in [-0.05, 0) is 0 Å². The van der Waals surface area contributed by atoms with Crippen LogP contribution in [0, 0.1) is 0 Å². The lowest BCUT2D eigenvalue weighted by molar-refractivity contribution is -0.389. The molecular weight excluding hydrogens is 1060 g/mol. The number of ether oxygens (including phenoxy) is 14. The summed E-state index contributed by atoms with van der Waals surface area (Å²) in [7, 11) is 0. The van der Waals surface area contributed by atoms with Crippen LogP contribution in [0.4, 0.5) is 0 Å². The fraction of sp³-hybridized carbons (Fsp3) is 1.00.